The van der Waals surface area contributed by atoms with Crippen LogP contribution < -0.4 is 21.5 Å². The Hall–Kier alpha value is -2.05. The van der Waals surface area contributed by atoms with Crippen molar-refractivity contribution in [1.29, 1.82) is 0 Å². The summed E-state index contributed by atoms with van der Waals surface area (Å²) in [6.07, 6.45) is 0. The predicted molar refractivity (Wildman–Crippen MR) is 75.0 cm³/mol. The van der Waals surface area contributed by atoms with Crippen LogP contribution in [0.25, 0.3) is 10.9 Å². The monoisotopic (exact) mass is 259 g/mol. The molecular formula is C13H17N5O. The van der Waals surface area contributed by atoms with Gasteiger partial charge in [0.2, 0.25) is 0 Å². The first-order valence-electron chi connectivity index (χ1n) is 6.33. The number of aromatic nitrogens is 1. The predicted octanol–water partition coefficient (Wildman–Crippen LogP) is 1.07. The summed E-state index contributed by atoms with van der Waals surface area (Å²) in [6, 6.07) is 7.83. The van der Waals surface area contributed by atoms with Crippen LogP contribution >= 0.6 is 0 Å². The molecule has 0 radical (unpaired) electrons. The van der Waals surface area contributed by atoms with E-state index in [1.165, 1.54) is 0 Å². The zero-order valence-electron chi connectivity index (χ0n) is 10.7. The van der Waals surface area contributed by atoms with Crippen molar-refractivity contribution in [1.82, 2.24) is 21.2 Å². The van der Waals surface area contributed by atoms with Crippen LogP contribution in [0, 0.1) is 6.92 Å². The Bertz CT molecular complexity index is 600. The van der Waals surface area contributed by atoms with Crippen LogP contribution in [-0.4, -0.2) is 30.1 Å². The van der Waals surface area contributed by atoms with Crippen molar-refractivity contribution in [3.8, 4) is 0 Å². The number of rotatable bonds is 2. The molecule has 0 unspecified atom stereocenters. The van der Waals surface area contributed by atoms with E-state index in [2.05, 4.69) is 32.5 Å². The molecule has 1 aromatic carbocycles. The average molecular weight is 259 g/mol. The Labute approximate surface area is 110 Å². The summed E-state index contributed by atoms with van der Waals surface area (Å²) in [6.45, 7) is 3.49. The highest BCUT2D eigenvalue weighted by molar-refractivity contribution is 5.93. The number of carbonyl (C=O) groups is 1. The molecule has 1 saturated heterocycles. The number of nitrogens with one attached hydrogen (secondary N) is 5. The minimum Gasteiger partial charge on any atom is -0.359 e. The minimum absolute atomic E-state index is 0.123. The van der Waals surface area contributed by atoms with Crippen molar-refractivity contribution in [3.63, 3.8) is 0 Å². The number of amides is 2. The Morgan fingerprint density at radius 1 is 1.26 bits per heavy atom. The molecule has 5 N–H and O–H groups in total. The van der Waals surface area contributed by atoms with Gasteiger partial charge in [-0.05, 0) is 31.2 Å². The number of aromatic amines is 1. The van der Waals surface area contributed by atoms with E-state index in [9.17, 15) is 4.79 Å². The van der Waals surface area contributed by atoms with Crippen LogP contribution in [-0.2, 0) is 0 Å². The number of hydrogen-bond acceptors (Lipinski definition) is 3. The van der Waals surface area contributed by atoms with Crippen molar-refractivity contribution in [2.45, 2.75) is 13.0 Å². The largest absolute Gasteiger partial charge is 0.359 e. The molecule has 0 aliphatic carbocycles. The van der Waals surface area contributed by atoms with Crippen LogP contribution in [0.5, 0.6) is 0 Å². The third kappa shape index (κ3) is 2.69. The summed E-state index contributed by atoms with van der Waals surface area (Å²) in [7, 11) is 0. The molecule has 1 aliphatic heterocycles. The first-order chi connectivity index (χ1) is 9.20. The fourth-order valence-electron chi connectivity index (χ4n) is 2.27. The van der Waals surface area contributed by atoms with Crippen LogP contribution in [0.15, 0.2) is 24.3 Å². The molecule has 100 valence electrons. The Kier molecular flexibility index (Phi) is 3.10. The van der Waals surface area contributed by atoms with Crippen molar-refractivity contribution >= 4 is 22.6 Å². The zero-order valence-corrected chi connectivity index (χ0v) is 10.7. The molecule has 2 amide bonds. The van der Waals surface area contributed by atoms with Gasteiger partial charge in [-0.2, -0.15) is 0 Å². The lowest BCUT2D eigenvalue weighted by Gasteiger charge is -2.11. The fraction of sp³-hybridized carbons (Fsp3) is 0.308. The highest BCUT2D eigenvalue weighted by Gasteiger charge is 2.16. The van der Waals surface area contributed by atoms with Crippen LogP contribution in [0.3, 0.4) is 0 Å². The fourth-order valence-corrected chi connectivity index (χ4v) is 2.27. The highest BCUT2D eigenvalue weighted by atomic mass is 16.2. The second kappa shape index (κ2) is 4.91. The minimum atomic E-state index is -0.179. The topological polar surface area (TPSA) is 81.0 Å². The number of carbonyl (C=O) groups excluding carboxylic acids is 1. The van der Waals surface area contributed by atoms with Gasteiger partial charge in [-0.25, -0.2) is 4.79 Å². The molecule has 0 saturated carbocycles. The van der Waals surface area contributed by atoms with E-state index in [0.29, 0.717) is 0 Å². The van der Waals surface area contributed by atoms with Gasteiger partial charge < -0.3 is 15.6 Å². The molecule has 1 aromatic heterocycles. The Morgan fingerprint density at radius 3 is 2.84 bits per heavy atom. The van der Waals surface area contributed by atoms with Crippen molar-refractivity contribution < 1.29 is 4.79 Å². The standard InChI is InChI=1S/C13H17N5O/c1-8-4-9-5-10(2-3-12(9)16-8)17-13(19)18-11-6-14-15-7-11/h2-5,11,14-16H,6-7H2,1H3,(H2,17,18,19). The number of anilines is 1. The molecule has 1 fully saturated rings. The summed E-state index contributed by atoms with van der Waals surface area (Å²) in [5, 5.41) is 6.85. The molecule has 0 spiro atoms. The Balaban J connectivity index is 1.68. The molecule has 2 aromatic rings. The zero-order chi connectivity index (χ0) is 13.2. The van der Waals surface area contributed by atoms with Gasteiger partial charge in [-0.15, -0.1) is 0 Å². The smallest absolute Gasteiger partial charge is 0.319 e. The maximum absolute atomic E-state index is 11.8. The van der Waals surface area contributed by atoms with Crippen LogP contribution in [0.1, 0.15) is 5.69 Å². The summed E-state index contributed by atoms with van der Waals surface area (Å²) < 4.78 is 0. The van der Waals surface area contributed by atoms with E-state index in [-0.39, 0.29) is 12.1 Å². The molecule has 19 heavy (non-hydrogen) atoms. The van der Waals surface area contributed by atoms with Crippen molar-refractivity contribution in [3.05, 3.63) is 30.0 Å². The molecule has 0 bridgehead atoms. The van der Waals surface area contributed by atoms with Gasteiger partial charge in [0.1, 0.15) is 0 Å². The van der Waals surface area contributed by atoms with E-state index < -0.39 is 0 Å². The van der Waals surface area contributed by atoms with Crippen LogP contribution in [0.4, 0.5) is 10.5 Å². The number of fused-ring (bicyclic) bond motifs is 1. The summed E-state index contributed by atoms with van der Waals surface area (Å²) in [5.74, 6) is 0. The molecule has 2 heterocycles. The lowest BCUT2D eigenvalue weighted by atomic mass is 10.2. The van der Waals surface area contributed by atoms with E-state index >= 15 is 0 Å². The summed E-state index contributed by atoms with van der Waals surface area (Å²) in [5.41, 5.74) is 8.93. The molecule has 6 nitrogen and oxygen atoms in total. The highest BCUT2D eigenvalue weighted by Crippen LogP contribution is 2.19. The first-order valence-corrected chi connectivity index (χ1v) is 6.33. The molecular weight excluding hydrogens is 242 g/mol. The van der Waals surface area contributed by atoms with Gasteiger partial charge in [-0.3, -0.25) is 10.9 Å². The van der Waals surface area contributed by atoms with Gasteiger partial charge in [-0.1, -0.05) is 0 Å². The van der Waals surface area contributed by atoms with Gasteiger partial charge >= 0.3 is 6.03 Å². The van der Waals surface area contributed by atoms with Crippen LogP contribution in [0.2, 0.25) is 0 Å². The molecule has 6 heteroatoms. The maximum atomic E-state index is 11.8. The quantitative estimate of drug-likeness (QED) is 0.559. The number of hydrazine groups is 1. The lowest BCUT2D eigenvalue weighted by molar-refractivity contribution is 0.249. The van der Waals surface area contributed by atoms with E-state index in [0.717, 1.165) is 35.4 Å². The first kappa shape index (κ1) is 12.0. The van der Waals surface area contributed by atoms with Gasteiger partial charge in [0.05, 0.1) is 6.04 Å². The second-order valence-corrected chi connectivity index (χ2v) is 4.81. The van der Waals surface area contributed by atoms with Crippen molar-refractivity contribution in [2.75, 3.05) is 18.4 Å². The normalized spacial score (nSPS) is 15.8. The van der Waals surface area contributed by atoms with E-state index in [1.54, 1.807) is 0 Å². The average Bonchev–Trinajstić information content (AvgIpc) is 2.96. The number of H-pyrrole nitrogens is 1. The number of hydrogen-bond donors (Lipinski definition) is 5. The van der Waals surface area contributed by atoms with Gasteiger partial charge in [0, 0.05) is 35.4 Å². The van der Waals surface area contributed by atoms with Gasteiger partial charge in [0.15, 0.2) is 0 Å². The SMILES string of the molecule is Cc1cc2cc(NC(=O)NC3CNNC3)ccc2[nH]1. The summed E-state index contributed by atoms with van der Waals surface area (Å²) >= 11 is 0. The number of benzene rings is 1. The summed E-state index contributed by atoms with van der Waals surface area (Å²) in [4.78, 5) is 15.1. The van der Waals surface area contributed by atoms with Crippen molar-refractivity contribution in [2.24, 2.45) is 0 Å². The number of aryl methyl sites for hydroxylation is 1. The lowest BCUT2D eigenvalue weighted by Crippen LogP contribution is -2.40. The second-order valence-electron chi connectivity index (χ2n) is 4.81. The molecule has 3 rings (SSSR count). The molecule has 0 atom stereocenters. The van der Waals surface area contributed by atoms with E-state index in [1.807, 2.05) is 25.1 Å². The maximum Gasteiger partial charge on any atom is 0.319 e. The molecule has 1 aliphatic rings. The number of urea groups is 1. The van der Waals surface area contributed by atoms with E-state index in [4.69, 9.17) is 0 Å². The Morgan fingerprint density at radius 2 is 2.05 bits per heavy atom. The third-order valence-electron chi connectivity index (χ3n) is 3.17. The van der Waals surface area contributed by atoms with Gasteiger partial charge in [0.25, 0.3) is 0 Å². The third-order valence-corrected chi connectivity index (χ3v) is 3.17.